The SMILES string of the molecule is C=C(C)C(=O)C(O)CP(=O)(O)O. The molecule has 70 valence electrons. The third-order valence-corrected chi connectivity index (χ3v) is 1.96. The lowest BCUT2D eigenvalue weighted by atomic mass is 10.1. The third kappa shape index (κ3) is 4.41. The molecule has 0 aromatic carbocycles. The van der Waals surface area contributed by atoms with E-state index in [0.717, 1.165) is 0 Å². The molecule has 0 aromatic heterocycles. The Hall–Kier alpha value is -0.480. The number of aliphatic hydroxyl groups excluding tert-OH is 1. The summed E-state index contributed by atoms with van der Waals surface area (Å²) in [6.45, 7) is 4.61. The van der Waals surface area contributed by atoms with Gasteiger partial charge in [-0.05, 0) is 12.5 Å². The van der Waals surface area contributed by atoms with Gasteiger partial charge in [0.25, 0.3) is 0 Å². The van der Waals surface area contributed by atoms with Crippen LogP contribution in [0.1, 0.15) is 6.92 Å². The predicted octanol–water partition coefficient (Wildman–Crippen LogP) is -0.330. The highest BCUT2D eigenvalue weighted by molar-refractivity contribution is 7.51. The molecule has 0 rings (SSSR count). The van der Waals surface area contributed by atoms with Crippen LogP contribution in [0.4, 0.5) is 0 Å². The van der Waals surface area contributed by atoms with Gasteiger partial charge in [0.15, 0.2) is 5.78 Å². The number of carbonyl (C=O) groups is 1. The van der Waals surface area contributed by atoms with E-state index in [4.69, 9.17) is 14.9 Å². The molecule has 0 heterocycles. The van der Waals surface area contributed by atoms with Crippen LogP contribution in [0, 0.1) is 0 Å². The second-order valence-electron chi connectivity index (χ2n) is 2.51. The van der Waals surface area contributed by atoms with Crippen LogP contribution in [0.15, 0.2) is 12.2 Å². The molecule has 6 heteroatoms. The van der Waals surface area contributed by atoms with E-state index in [0.29, 0.717) is 0 Å². The number of ketones is 1. The molecule has 0 bridgehead atoms. The number of hydrogen-bond donors (Lipinski definition) is 3. The van der Waals surface area contributed by atoms with Gasteiger partial charge in [0, 0.05) is 0 Å². The van der Waals surface area contributed by atoms with Crippen molar-refractivity contribution in [2.75, 3.05) is 6.16 Å². The lowest BCUT2D eigenvalue weighted by Gasteiger charge is -2.09. The van der Waals surface area contributed by atoms with Crippen LogP contribution in [0.3, 0.4) is 0 Å². The number of aliphatic hydroxyl groups is 1. The van der Waals surface area contributed by atoms with Crippen molar-refractivity contribution in [3.63, 3.8) is 0 Å². The van der Waals surface area contributed by atoms with Gasteiger partial charge in [-0.25, -0.2) is 0 Å². The van der Waals surface area contributed by atoms with Gasteiger partial charge >= 0.3 is 7.60 Å². The number of Topliss-reactive ketones (excluding diaryl/α,β-unsaturated/α-hetero) is 1. The highest BCUT2D eigenvalue weighted by Gasteiger charge is 2.25. The largest absolute Gasteiger partial charge is 0.384 e. The zero-order valence-corrected chi connectivity index (χ0v) is 7.49. The first kappa shape index (κ1) is 11.5. The minimum atomic E-state index is -4.33. The Balaban J connectivity index is 4.24. The van der Waals surface area contributed by atoms with E-state index in [2.05, 4.69) is 6.58 Å². The van der Waals surface area contributed by atoms with Gasteiger partial charge in [0.05, 0.1) is 6.16 Å². The molecule has 0 amide bonds. The minimum absolute atomic E-state index is 0.0796. The van der Waals surface area contributed by atoms with Gasteiger partial charge < -0.3 is 14.9 Å². The second kappa shape index (κ2) is 3.96. The maximum absolute atomic E-state index is 10.8. The molecule has 0 aromatic rings. The molecular weight excluding hydrogens is 183 g/mol. The molecule has 12 heavy (non-hydrogen) atoms. The van der Waals surface area contributed by atoms with E-state index >= 15 is 0 Å². The van der Waals surface area contributed by atoms with Crippen molar-refractivity contribution in [1.82, 2.24) is 0 Å². The topological polar surface area (TPSA) is 94.8 Å². The maximum Gasteiger partial charge on any atom is 0.328 e. The fraction of sp³-hybridized carbons (Fsp3) is 0.500. The van der Waals surface area contributed by atoms with Crippen molar-refractivity contribution < 1.29 is 24.3 Å². The van der Waals surface area contributed by atoms with E-state index in [1.807, 2.05) is 0 Å². The van der Waals surface area contributed by atoms with Crippen molar-refractivity contribution in [2.45, 2.75) is 13.0 Å². The molecule has 0 spiro atoms. The summed E-state index contributed by atoms with van der Waals surface area (Å²) in [5.41, 5.74) is 0.0796. The molecular formula is C6H11O5P. The molecule has 5 nitrogen and oxygen atoms in total. The smallest absolute Gasteiger partial charge is 0.328 e. The Morgan fingerprint density at radius 1 is 1.58 bits per heavy atom. The van der Waals surface area contributed by atoms with Crippen LogP contribution in [-0.4, -0.2) is 32.9 Å². The minimum Gasteiger partial charge on any atom is -0.384 e. The molecule has 0 aliphatic carbocycles. The first-order valence-corrected chi connectivity index (χ1v) is 4.96. The van der Waals surface area contributed by atoms with Crippen molar-refractivity contribution in [3.05, 3.63) is 12.2 Å². The number of hydrogen-bond acceptors (Lipinski definition) is 3. The van der Waals surface area contributed by atoms with Crippen molar-refractivity contribution in [3.8, 4) is 0 Å². The van der Waals surface area contributed by atoms with Crippen molar-refractivity contribution >= 4 is 13.4 Å². The Labute approximate surface area is 69.9 Å². The van der Waals surface area contributed by atoms with Crippen LogP contribution >= 0.6 is 7.60 Å². The third-order valence-electron chi connectivity index (χ3n) is 1.13. The summed E-state index contributed by atoms with van der Waals surface area (Å²) in [7, 11) is -4.33. The summed E-state index contributed by atoms with van der Waals surface area (Å²) in [6, 6.07) is 0. The van der Waals surface area contributed by atoms with E-state index in [1.165, 1.54) is 6.92 Å². The molecule has 0 fully saturated rings. The quantitative estimate of drug-likeness (QED) is 0.420. The van der Waals surface area contributed by atoms with Crippen LogP contribution in [0.5, 0.6) is 0 Å². The Morgan fingerprint density at radius 2 is 2.00 bits per heavy atom. The Bertz CT molecular complexity index is 240. The van der Waals surface area contributed by atoms with Gasteiger partial charge in [-0.2, -0.15) is 0 Å². The summed E-state index contributed by atoms with van der Waals surface area (Å²) in [6.07, 6.45) is -2.50. The lowest BCUT2D eigenvalue weighted by Crippen LogP contribution is -2.24. The highest BCUT2D eigenvalue weighted by atomic mass is 31.2. The standard InChI is InChI=1S/C6H11O5P/c1-4(2)6(8)5(7)3-12(9,10)11/h5,7H,1,3H2,2H3,(H2,9,10,11). The molecule has 0 radical (unpaired) electrons. The van der Waals surface area contributed by atoms with Crippen LogP contribution in [0.2, 0.25) is 0 Å². The van der Waals surface area contributed by atoms with Gasteiger partial charge in [-0.15, -0.1) is 0 Å². The molecule has 0 aliphatic heterocycles. The summed E-state index contributed by atoms with van der Waals surface area (Å²) in [5.74, 6) is -0.738. The number of carbonyl (C=O) groups excluding carboxylic acids is 1. The zero-order valence-electron chi connectivity index (χ0n) is 6.60. The molecule has 0 saturated heterocycles. The van der Waals surface area contributed by atoms with Crippen molar-refractivity contribution in [1.29, 1.82) is 0 Å². The number of rotatable bonds is 4. The normalized spacial score (nSPS) is 14.0. The monoisotopic (exact) mass is 194 g/mol. The van der Waals surface area contributed by atoms with Crippen LogP contribution < -0.4 is 0 Å². The fourth-order valence-electron chi connectivity index (χ4n) is 0.593. The molecule has 1 atom stereocenters. The zero-order chi connectivity index (χ0) is 9.94. The first-order valence-electron chi connectivity index (χ1n) is 3.16. The molecule has 0 aliphatic rings. The summed E-state index contributed by atoms with van der Waals surface area (Å²) in [4.78, 5) is 27.6. The lowest BCUT2D eigenvalue weighted by molar-refractivity contribution is -0.122. The average molecular weight is 194 g/mol. The van der Waals surface area contributed by atoms with Gasteiger partial charge in [0.1, 0.15) is 6.10 Å². The molecule has 3 N–H and O–H groups in total. The predicted molar refractivity (Wildman–Crippen MR) is 42.7 cm³/mol. The van der Waals surface area contributed by atoms with E-state index in [1.54, 1.807) is 0 Å². The highest BCUT2D eigenvalue weighted by Crippen LogP contribution is 2.35. The summed E-state index contributed by atoms with van der Waals surface area (Å²) < 4.78 is 10.3. The van der Waals surface area contributed by atoms with Crippen LogP contribution in [-0.2, 0) is 9.36 Å². The summed E-state index contributed by atoms with van der Waals surface area (Å²) in [5, 5.41) is 8.92. The average Bonchev–Trinajstić information content (AvgIpc) is 1.82. The van der Waals surface area contributed by atoms with E-state index < -0.39 is 25.6 Å². The fourth-order valence-corrected chi connectivity index (χ4v) is 1.21. The van der Waals surface area contributed by atoms with Gasteiger partial charge in [-0.3, -0.25) is 9.36 Å². The molecule has 1 unspecified atom stereocenters. The maximum atomic E-state index is 10.8. The Morgan fingerprint density at radius 3 is 2.25 bits per heavy atom. The second-order valence-corrected chi connectivity index (χ2v) is 4.20. The van der Waals surface area contributed by atoms with Gasteiger partial charge in [-0.1, -0.05) is 6.58 Å². The first-order chi connectivity index (χ1) is 5.24. The van der Waals surface area contributed by atoms with Crippen molar-refractivity contribution in [2.24, 2.45) is 0 Å². The van der Waals surface area contributed by atoms with E-state index in [-0.39, 0.29) is 5.57 Å². The van der Waals surface area contributed by atoms with E-state index in [9.17, 15) is 9.36 Å². The molecule has 0 saturated carbocycles. The Kier molecular flexibility index (Phi) is 3.80. The van der Waals surface area contributed by atoms with Crippen LogP contribution in [0.25, 0.3) is 0 Å². The summed E-state index contributed by atoms with van der Waals surface area (Å²) >= 11 is 0. The van der Waals surface area contributed by atoms with Gasteiger partial charge in [0.2, 0.25) is 0 Å².